The molecule has 1 atom stereocenters. The molecule has 1 N–H and O–H groups in total. The molecule has 7 nitrogen and oxygen atoms in total. The van der Waals surface area contributed by atoms with Gasteiger partial charge in [-0.1, -0.05) is 42.6 Å². The van der Waals surface area contributed by atoms with Crippen LogP contribution in [0.4, 0.5) is 18.9 Å². The Morgan fingerprint density at radius 3 is 2.30 bits per heavy atom. The predicted molar refractivity (Wildman–Crippen MR) is 135 cm³/mol. The highest BCUT2D eigenvalue weighted by molar-refractivity contribution is 7.92. The summed E-state index contributed by atoms with van der Waals surface area (Å²) in [4.78, 5) is 27.7. The van der Waals surface area contributed by atoms with E-state index in [1.54, 1.807) is 24.3 Å². The molecule has 1 aliphatic carbocycles. The lowest BCUT2D eigenvalue weighted by atomic mass is 10.1. The molecule has 37 heavy (non-hydrogen) atoms. The first-order valence-corrected chi connectivity index (χ1v) is 14.0. The molecule has 1 aliphatic rings. The zero-order chi connectivity index (χ0) is 27.4. The molecule has 0 heterocycles. The molecule has 2 aromatic rings. The van der Waals surface area contributed by atoms with Crippen LogP contribution in [0, 0.1) is 0 Å². The SMILES string of the molecule is CC(C(=O)NC1CCCC1)N(Cc1ccc(Cl)cc1)C(=O)CN(c1cccc(C(F)(F)F)c1)S(C)(=O)=O. The van der Waals surface area contributed by atoms with Crippen LogP contribution in [0.2, 0.25) is 5.02 Å². The Labute approximate surface area is 219 Å². The van der Waals surface area contributed by atoms with Crippen LogP contribution in [0.5, 0.6) is 0 Å². The van der Waals surface area contributed by atoms with Crippen LogP contribution in [0.1, 0.15) is 43.7 Å². The Bertz CT molecular complexity index is 1220. The molecule has 0 aromatic heterocycles. The summed E-state index contributed by atoms with van der Waals surface area (Å²) in [5, 5.41) is 3.41. The number of benzene rings is 2. The third-order valence-corrected chi connectivity index (χ3v) is 7.67. The number of alkyl halides is 3. The van der Waals surface area contributed by atoms with Gasteiger partial charge in [0, 0.05) is 17.6 Å². The number of carbonyl (C=O) groups is 2. The van der Waals surface area contributed by atoms with E-state index in [1.807, 2.05) is 0 Å². The lowest BCUT2D eigenvalue weighted by molar-refractivity contribution is -0.139. The maximum absolute atomic E-state index is 13.5. The Kier molecular flexibility index (Phi) is 9.12. The van der Waals surface area contributed by atoms with Crippen LogP contribution in [-0.4, -0.2) is 50.0 Å². The molecule has 202 valence electrons. The van der Waals surface area contributed by atoms with Crippen molar-refractivity contribution in [3.05, 3.63) is 64.7 Å². The summed E-state index contributed by atoms with van der Waals surface area (Å²) < 4.78 is 65.5. The van der Waals surface area contributed by atoms with Gasteiger partial charge in [0.25, 0.3) is 0 Å². The molecular formula is C25H29ClF3N3O4S. The van der Waals surface area contributed by atoms with Crippen molar-refractivity contribution in [2.75, 3.05) is 17.1 Å². The maximum atomic E-state index is 13.5. The van der Waals surface area contributed by atoms with Gasteiger partial charge in [0.2, 0.25) is 21.8 Å². The van der Waals surface area contributed by atoms with E-state index in [0.717, 1.165) is 44.1 Å². The molecule has 0 radical (unpaired) electrons. The molecule has 3 rings (SSSR count). The second-order valence-corrected chi connectivity index (χ2v) is 11.5. The van der Waals surface area contributed by atoms with E-state index in [4.69, 9.17) is 11.6 Å². The van der Waals surface area contributed by atoms with Gasteiger partial charge < -0.3 is 10.2 Å². The fraction of sp³-hybridized carbons (Fsp3) is 0.440. The van der Waals surface area contributed by atoms with Gasteiger partial charge in [0.1, 0.15) is 12.6 Å². The standard InChI is InChI=1S/C25H29ClF3N3O4S/c1-17(24(34)30-21-7-3-4-8-21)31(15-18-10-12-20(26)13-11-18)23(33)16-32(37(2,35)36)22-9-5-6-19(14-22)25(27,28)29/h5-6,9-14,17,21H,3-4,7-8,15-16H2,1-2H3,(H,30,34). The van der Waals surface area contributed by atoms with Crippen molar-refractivity contribution in [2.45, 2.75) is 57.4 Å². The topological polar surface area (TPSA) is 86.8 Å². The molecule has 0 aliphatic heterocycles. The van der Waals surface area contributed by atoms with Gasteiger partial charge in [-0.15, -0.1) is 0 Å². The third-order valence-electron chi connectivity index (χ3n) is 6.28. The average Bonchev–Trinajstić information content (AvgIpc) is 3.33. The van der Waals surface area contributed by atoms with Crippen molar-refractivity contribution in [2.24, 2.45) is 0 Å². The summed E-state index contributed by atoms with van der Waals surface area (Å²) in [5.74, 6) is -1.13. The van der Waals surface area contributed by atoms with E-state index in [9.17, 15) is 31.2 Å². The first kappa shape index (κ1) is 28.8. The van der Waals surface area contributed by atoms with E-state index in [2.05, 4.69) is 5.32 Å². The first-order chi connectivity index (χ1) is 17.3. The Balaban J connectivity index is 1.91. The quantitative estimate of drug-likeness (QED) is 0.486. The number of sulfonamides is 1. The molecule has 1 fully saturated rings. The fourth-order valence-corrected chi connectivity index (χ4v) is 5.18. The van der Waals surface area contributed by atoms with Crippen molar-refractivity contribution in [1.82, 2.24) is 10.2 Å². The summed E-state index contributed by atoms with van der Waals surface area (Å²) in [5.41, 5.74) is -0.711. The Hall–Kier alpha value is -2.79. The first-order valence-electron chi connectivity index (χ1n) is 11.7. The van der Waals surface area contributed by atoms with Gasteiger partial charge in [-0.05, 0) is 55.7 Å². The number of hydrogen-bond acceptors (Lipinski definition) is 4. The van der Waals surface area contributed by atoms with Crippen LogP contribution < -0.4 is 9.62 Å². The van der Waals surface area contributed by atoms with Crippen LogP contribution >= 0.6 is 11.6 Å². The smallest absolute Gasteiger partial charge is 0.352 e. The molecule has 12 heteroatoms. The van der Waals surface area contributed by atoms with Crippen molar-refractivity contribution < 1.29 is 31.2 Å². The highest BCUT2D eigenvalue weighted by Gasteiger charge is 2.34. The van der Waals surface area contributed by atoms with E-state index in [1.165, 1.54) is 17.9 Å². The minimum absolute atomic E-state index is 0.0000558. The van der Waals surface area contributed by atoms with Crippen molar-refractivity contribution in [3.8, 4) is 0 Å². The van der Waals surface area contributed by atoms with Gasteiger partial charge in [0.15, 0.2) is 0 Å². The van der Waals surface area contributed by atoms with Crippen molar-refractivity contribution >= 4 is 39.1 Å². The molecule has 1 saturated carbocycles. The average molecular weight is 560 g/mol. The second-order valence-electron chi connectivity index (χ2n) is 9.13. The highest BCUT2D eigenvalue weighted by Crippen LogP contribution is 2.32. The summed E-state index contributed by atoms with van der Waals surface area (Å²) in [6, 6.07) is 9.36. The third kappa shape index (κ3) is 7.85. The molecule has 0 spiro atoms. The molecule has 2 aromatic carbocycles. The molecule has 1 unspecified atom stereocenters. The summed E-state index contributed by atoms with van der Waals surface area (Å²) in [6.07, 6.45) is -0.237. The largest absolute Gasteiger partial charge is 0.416 e. The van der Waals surface area contributed by atoms with E-state index in [0.29, 0.717) is 21.0 Å². The van der Waals surface area contributed by atoms with Crippen molar-refractivity contribution in [1.29, 1.82) is 0 Å². The predicted octanol–water partition coefficient (Wildman–Crippen LogP) is 4.60. The minimum Gasteiger partial charge on any atom is -0.352 e. The monoisotopic (exact) mass is 559 g/mol. The molecule has 0 saturated heterocycles. The number of nitrogens with one attached hydrogen (secondary N) is 1. The number of carbonyl (C=O) groups excluding carboxylic acids is 2. The van der Waals surface area contributed by atoms with Gasteiger partial charge in [-0.2, -0.15) is 13.2 Å². The zero-order valence-corrected chi connectivity index (χ0v) is 22.0. The molecular weight excluding hydrogens is 531 g/mol. The Morgan fingerprint density at radius 2 is 1.73 bits per heavy atom. The minimum atomic E-state index is -4.70. The van der Waals surface area contributed by atoms with Gasteiger partial charge in [-0.3, -0.25) is 13.9 Å². The van der Waals surface area contributed by atoms with Crippen LogP contribution in [0.3, 0.4) is 0 Å². The van der Waals surface area contributed by atoms with Gasteiger partial charge in [0.05, 0.1) is 17.5 Å². The maximum Gasteiger partial charge on any atom is 0.416 e. The lowest BCUT2D eigenvalue weighted by Crippen LogP contribution is -2.52. The number of anilines is 1. The van der Waals surface area contributed by atoms with Gasteiger partial charge in [-0.25, -0.2) is 8.42 Å². The van der Waals surface area contributed by atoms with Crippen molar-refractivity contribution in [3.63, 3.8) is 0 Å². The number of halogens is 4. The number of rotatable bonds is 9. The van der Waals surface area contributed by atoms with Crippen LogP contribution in [0.25, 0.3) is 0 Å². The lowest BCUT2D eigenvalue weighted by Gasteiger charge is -2.32. The highest BCUT2D eigenvalue weighted by atomic mass is 35.5. The zero-order valence-electron chi connectivity index (χ0n) is 20.5. The summed E-state index contributed by atoms with van der Waals surface area (Å²) >= 11 is 5.95. The molecule has 0 bridgehead atoms. The fourth-order valence-electron chi connectivity index (χ4n) is 4.21. The normalized spacial score (nSPS) is 15.3. The van der Waals surface area contributed by atoms with E-state index >= 15 is 0 Å². The number of amides is 2. The van der Waals surface area contributed by atoms with Crippen LogP contribution in [-0.2, 0) is 32.3 Å². The number of hydrogen-bond donors (Lipinski definition) is 1. The second kappa shape index (κ2) is 11.7. The Morgan fingerprint density at radius 1 is 1.11 bits per heavy atom. The van der Waals surface area contributed by atoms with E-state index in [-0.39, 0.29) is 24.2 Å². The van der Waals surface area contributed by atoms with Crippen LogP contribution in [0.15, 0.2) is 48.5 Å². The molecule has 2 amide bonds. The van der Waals surface area contributed by atoms with Gasteiger partial charge >= 0.3 is 6.18 Å². The number of nitrogens with zero attached hydrogens (tertiary/aromatic N) is 2. The van der Waals surface area contributed by atoms with E-state index < -0.39 is 40.3 Å². The summed E-state index contributed by atoms with van der Waals surface area (Å²) in [6.45, 7) is 0.720. The summed E-state index contributed by atoms with van der Waals surface area (Å²) in [7, 11) is -4.15.